The highest BCUT2D eigenvalue weighted by atomic mass is 16.5. The van der Waals surface area contributed by atoms with Crippen LogP contribution in [-0.4, -0.2) is 26.7 Å². The Balaban J connectivity index is 1.88. The van der Waals surface area contributed by atoms with Crippen LogP contribution in [0.1, 0.15) is 35.3 Å². The van der Waals surface area contributed by atoms with Gasteiger partial charge in [-0.05, 0) is 61.9 Å². The Labute approximate surface area is 145 Å². The van der Waals surface area contributed by atoms with Crippen molar-refractivity contribution in [3.8, 4) is 23.0 Å². The van der Waals surface area contributed by atoms with E-state index >= 15 is 0 Å². The number of ketones is 1. The van der Waals surface area contributed by atoms with Crippen molar-refractivity contribution >= 4 is 17.9 Å². The van der Waals surface area contributed by atoms with E-state index in [-0.39, 0.29) is 28.6 Å². The maximum Gasteiger partial charge on any atom is 0.189 e. The SMILES string of the molecule is CC1(C)C=Cc2c(ccc(C(=O)C=Cc3ccc(O)c(O)c3)c2O)O1. The van der Waals surface area contributed by atoms with Gasteiger partial charge < -0.3 is 20.1 Å². The molecule has 0 aromatic heterocycles. The highest BCUT2D eigenvalue weighted by Gasteiger charge is 2.25. The molecule has 0 amide bonds. The lowest BCUT2D eigenvalue weighted by molar-refractivity contribution is 0.104. The summed E-state index contributed by atoms with van der Waals surface area (Å²) >= 11 is 0. The Morgan fingerprint density at radius 1 is 1.08 bits per heavy atom. The molecular formula is C20H18O5. The first-order valence-corrected chi connectivity index (χ1v) is 7.75. The van der Waals surface area contributed by atoms with Gasteiger partial charge in [-0.1, -0.05) is 12.1 Å². The zero-order valence-electron chi connectivity index (χ0n) is 13.9. The maximum absolute atomic E-state index is 12.4. The van der Waals surface area contributed by atoms with E-state index < -0.39 is 5.60 Å². The predicted octanol–water partition coefficient (Wildman–Crippen LogP) is 3.88. The number of aromatic hydroxyl groups is 3. The van der Waals surface area contributed by atoms with E-state index in [9.17, 15) is 20.1 Å². The van der Waals surface area contributed by atoms with E-state index in [0.29, 0.717) is 16.9 Å². The van der Waals surface area contributed by atoms with Gasteiger partial charge in [0.25, 0.3) is 0 Å². The van der Waals surface area contributed by atoms with Crippen molar-refractivity contribution in [1.29, 1.82) is 0 Å². The number of carbonyl (C=O) groups is 1. The normalized spacial score (nSPS) is 15.0. The Morgan fingerprint density at radius 2 is 1.84 bits per heavy atom. The summed E-state index contributed by atoms with van der Waals surface area (Å²) < 4.78 is 5.76. The van der Waals surface area contributed by atoms with Crippen molar-refractivity contribution in [2.75, 3.05) is 0 Å². The van der Waals surface area contributed by atoms with Crippen LogP contribution >= 0.6 is 0 Å². The summed E-state index contributed by atoms with van der Waals surface area (Å²) in [5.41, 5.74) is 0.712. The second-order valence-corrected chi connectivity index (χ2v) is 6.36. The fourth-order valence-corrected chi connectivity index (χ4v) is 2.55. The second kappa shape index (κ2) is 6.02. The van der Waals surface area contributed by atoms with Crippen LogP contribution in [0.4, 0.5) is 0 Å². The van der Waals surface area contributed by atoms with Crippen LogP contribution < -0.4 is 4.74 Å². The van der Waals surface area contributed by atoms with Crippen molar-refractivity contribution in [2.45, 2.75) is 19.4 Å². The summed E-state index contributed by atoms with van der Waals surface area (Å²) in [6.07, 6.45) is 6.35. The molecule has 1 aliphatic heterocycles. The second-order valence-electron chi connectivity index (χ2n) is 6.36. The number of carbonyl (C=O) groups excluding carboxylic acids is 1. The summed E-state index contributed by atoms with van der Waals surface area (Å²) in [5, 5.41) is 29.2. The van der Waals surface area contributed by atoms with E-state index in [1.165, 1.54) is 30.4 Å². The molecule has 0 unspecified atom stereocenters. The number of fused-ring (bicyclic) bond motifs is 1. The molecule has 0 saturated heterocycles. The predicted molar refractivity (Wildman–Crippen MR) is 95.0 cm³/mol. The number of rotatable bonds is 3. The highest BCUT2D eigenvalue weighted by molar-refractivity contribution is 6.09. The first kappa shape index (κ1) is 16.6. The minimum absolute atomic E-state index is 0.132. The third-order valence-electron chi connectivity index (χ3n) is 3.89. The Bertz CT molecular complexity index is 907. The molecule has 0 saturated carbocycles. The van der Waals surface area contributed by atoms with Gasteiger partial charge in [-0.25, -0.2) is 0 Å². The van der Waals surface area contributed by atoms with Crippen molar-refractivity contribution in [3.63, 3.8) is 0 Å². The van der Waals surface area contributed by atoms with Crippen LogP contribution in [0.5, 0.6) is 23.0 Å². The standard InChI is InChI=1S/C20H18O5/c1-20(2)10-9-14-18(25-20)8-5-13(19(14)24)15(21)6-3-12-4-7-16(22)17(23)11-12/h3-11,22-24H,1-2H3. The van der Waals surface area contributed by atoms with Crippen molar-refractivity contribution in [2.24, 2.45) is 0 Å². The molecule has 0 fully saturated rings. The van der Waals surface area contributed by atoms with Crippen molar-refractivity contribution in [1.82, 2.24) is 0 Å². The summed E-state index contributed by atoms with van der Waals surface area (Å²) in [7, 11) is 0. The average Bonchev–Trinajstić information content (AvgIpc) is 2.55. The number of ether oxygens (including phenoxy) is 1. The summed E-state index contributed by atoms with van der Waals surface area (Å²) in [4.78, 5) is 12.4. The van der Waals surface area contributed by atoms with Crippen LogP contribution in [0, 0.1) is 0 Å². The number of hydrogen-bond donors (Lipinski definition) is 3. The van der Waals surface area contributed by atoms with E-state index in [2.05, 4.69) is 0 Å². The third-order valence-corrected chi connectivity index (χ3v) is 3.89. The highest BCUT2D eigenvalue weighted by Crippen LogP contribution is 2.38. The lowest BCUT2D eigenvalue weighted by Gasteiger charge is -2.28. The summed E-state index contributed by atoms with van der Waals surface area (Å²) in [5.74, 6) is -0.491. The molecule has 1 heterocycles. The Kier molecular flexibility index (Phi) is 4.00. The average molecular weight is 338 g/mol. The van der Waals surface area contributed by atoms with Gasteiger partial charge in [-0.2, -0.15) is 0 Å². The molecule has 0 atom stereocenters. The third kappa shape index (κ3) is 3.35. The van der Waals surface area contributed by atoms with Crippen LogP contribution in [0.15, 0.2) is 42.5 Å². The minimum Gasteiger partial charge on any atom is -0.506 e. The zero-order valence-corrected chi connectivity index (χ0v) is 13.9. The van der Waals surface area contributed by atoms with Crippen LogP contribution in [0.3, 0.4) is 0 Å². The molecule has 128 valence electrons. The van der Waals surface area contributed by atoms with Gasteiger partial charge in [0.15, 0.2) is 17.3 Å². The molecule has 3 rings (SSSR count). The zero-order chi connectivity index (χ0) is 18.2. The molecule has 2 aromatic carbocycles. The van der Waals surface area contributed by atoms with E-state index in [4.69, 9.17) is 4.74 Å². The lowest BCUT2D eigenvalue weighted by Crippen LogP contribution is -2.27. The van der Waals surface area contributed by atoms with E-state index in [1.807, 2.05) is 19.9 Å². The van der Waals surface area contributed by atoms with Crippen LogP contribution in [0.2, 0.25) is 0 Å². The van der Waals surface area contributed by atoms with E-state index in [0.717, 1.165) is 0 Å². The number of phenols is 3. The van der Waals surface area contributed by atoms with Crippen molar-refractivity contribution in [3.05, 3.63) is 59.2 Å². The quantitative estimate of drug-likeness (QED) is 0.449. The summed E-state index contributed by atoms with van der Waals surface area (Å²) in [6, 6.07) is 7.41. The lowest BCUT2D eigenvalue weighted by atomic mass is 9.98. The topological polar surface area (TPSA) is 87.0 Å². The van der Waals surface area contributed by atoms with Gasteiger partial charge in [0.2, 0.25) is 0 Å². The van der Waals surface area contributed by atoms with Crippen molar-refractivity contribution < 1.29 is 24.9 Å². The molecule has 0 radical (unpaired) electrons. The molecule has 5 heteroatoms. The fourth-order valence-electron chi connectivity index (χ4n) is 2.55. The Hall–Kier alpha value is -3.21. The molecular weight excluding hydrogens is 320 g/mol. The number of allylic oxidation sites excluding steroid dienone is 1. The molecule has 2 aromatic rings. The van der Waals surface area contributed by atoms with E-state index in [1.54, 1.807) is 18.2 Å². The monoisotopic (exact) mass is 338 g/mol. The number of benzene rings is 2. The van der Waals surface area contributed by atoms with Gasteiger partial charge in [-0.3, -0.25) is 4.79 Å². The Morgan fingerprint density at radius 3 is 2.56 bits per heavy atom. The smallest absolute Gasteiger partial charge is 0.189 e. The van der Waals surface area contributed by atoms with Crippen LogP contribution in [0.25, 0.3) is 12.2 Å². The van der Waals surface area contributed by atoms with Gasteiger partial charge in [0, 0.05) is 0 Å². The van der Waals surface area contributed by atoms with Gasteiger partial charge in [-0.15, -0.1) is 0 Å². The first-order chi connectivity index (χ1) is 11.8. The molecule has 1 aliphatic rings. The van der Waals surface area contributed by atoms with Gasteiger partial charge in [0.1, 0.15) is 17.1 Å². The van der Waals surface area contributed by atoms with Gasteiger partial charge >= 0.3 is 0 Å². The molecule has 3 N–H and O–H groups in total. The first-order valence-electron chi connectivity index (χ1n) is 7.75. The molecule has 0 aliphatic carbocycles. The molecule has 0 bridgehead atoms. The molecule has 25 heavy (non-hydrogen) atoms. The number of hydrogen-bond acceptors (Lipinski definition) is 5. The number of phenolic OH excluding ortho intramolecular Hbond substituents is 3. The van der Waals surface area contributed by atoms with Gasteiger partial charge in [0.05, 0.1) is 11.1 Å². The minimum atomic E-state index is -0.467. The fraction of sp³-hybridized carbons (Fsp3) is 0.150. The maximum atomic E-state index is 12.4. The molecule has 5 nitrogen and oxygen atoms in total. The molecule has 0 spiro atoms. The summed E-state index contributed by atoms with van der Waals surface area (Å²) in [6.45, 7) is 3.80. The van der Waals surface area contributed by atoms with Crippen LogP contribution in [-0.2, 0) is 0 Å². The largest absolute Gasteiger partial charge is 0.506 e.